The number of benzene rings is 1. The van der Waals surface area contributed by atoms with E-state index in [1.54, 1.807) is 18.7 Å². The van der Waals surface area contributed by atoms with Gasteiger partial charge in [-0.3, -0.25) is 14.3 Å². The summed E-state index contributed by atoms with van der Waals surface area (Å²) < 4.78 is 1.96. The SMILES string of the molecule is Cc1cnc(C(=O)N2CCCCC2c2nncn2-c2ccccc2)cn1. The lowest BCUT2D eigenvalue weighted by atomic mass is 10.0. The van der Waals surface area contributed by atoms with E-state index in [0.717, 1.165) is 36.5 Å². The fourth-order valence-electron chi connectivity index (χ4n) is 3.35. The van der Waals surface area contributed by atoms with Crippen molar-refractivity contribution in [1.82, 2.24) is 29.6 Å². The Balaban J connectivity index is 1.68. The van der Waals surface area contributed by atoms with Gasteiger partial charge in [-0.1, -0.05) is 18.2 Å². The van der Waals surface area contributed by atoms with Gasteiger partial charge >= 0.3 is 0 Å². The zero-order valence-corrected chi connectivity index (χ0v) is 14.6. The predicted octanol–water partition coefficient (Wildman–Crippen LogP) is 2.73. The number of nitrogens with zero attached hydrogens (tertiary/aromatic N) is 6. The van der Waals surface area contributed by atoms with Crippen LogP contribution in [0.2, 0.25) is 0 Å². The number of aryl methyl sites for hydroxylation is 1. The normalized spacial score (nSPS) is 17.3. The van der Waals surface area contributed by atoms with Crippen LogP contribution in [0.3, 0.4) is 0 Å². The Hall–Kier alpha value is -3.09. The van der Waals surface area contributed by atoms with E-state index in [0.29, 0.717) is 12.2 Å². The molecular weight excluding hydrogens is 328 g/mol. The highest BCUT2D eigenvalue weighted by molar-refractivity contribution is 5.92. The third-order valence-electron chi connectivity index (χ3n) is 4.67. The van der Waals surface area contributed by atoms with Gasteiger partial charge in [0.15, 0.2) is 5.82 Å². The van der Waals surface area contributed by atoms with Crippen LogP contribution in [0.1, 0.15) is 47.3 Å². The van der Waals surface area contributed by atoms with Crippen molar-refractivity contribution in [2.45, 2.75) is 32.2 Å². The fourth-order valence-corrected chi connectivity index (χ4v) is 3.35. The molecule has 1 aliphatic heterocycles. The maximum atomic E-state index is 13.0. The number of piperidine rings is 1. The molecule has 7 nitrogen and oxygen atoms in total. The summed E-state index contributed by atoms with van der Waals surface area (Å²) in [5.74, 6) is 0.675. The third-order valence-corrected chi connectivity index (χ3v) is 4.67. The molecule has 0 bridgehead atoms. The molecular formula is C19H20N6O. The van der Waals surface area contributed by atoms with Gasteiger partial charge in [0.1, 0.15) is 12.0 Å². The minimum Gasteiger partial charge on any atom is -0.327 e. The fraction of sp³-hybridized carbons (Fsp3) is 0.316. The molecule has 0 spiro atoms. The maximum absolute atomic E-state index is 13.0. The van der Waals surface area contributed by atoms with Gasteiger partial charge in [-0.05, 0) is 38.3 Å². The van der Waals surface area contributed by atoms with Crippen LogP contribution >= 0.6 is 0 Å². The Labute approximate surface area is 151 Å². The number of hydrogen-bond donors (Lipinski definition) is 0. The molecule has 3 heterocycles. The molecule has 7 heteroatoms. The van der Waals surface area contributed by atoms with E-state index in [-0.39, 0.29) is 11.9 Å². The molecule has 2 aromatic heterocycles. The molecule has 132 valence electrons. The van der Waals surface area contributed by atoms with Gasteiger partial charge in [-0.2, -0.15) is 0 Å². The van der Waals surface area contributed by atoms with Crippen LogP contribution in [0.4, 0.5) is 0 Å². The summed E-state index contributed by atoms with van der Waals surface area (Å²) in [6.07, 6.45) is 7.75. The Kier molecular flexibility index (Phi) is 4.43. The average Bonchev–Trinajstić information content (AvgIpc) is 3.18. The van der Waals surface area contributed by atoms with E-state index in [2.05, 4.69) is 20.2 Å². The van der Waals surface area contributed by atoms with Crippen molar-refractivity contribution in [3.8, 4) is 5.69 Å². The Morgan fingerprint density at radius 2 is 1.96 bits per heavy atom. The van der Waals surface area contributed by atoms with Crippen LogP contribution in [0.5, 0.6) is 0 Å². The van der Waals surface area contributed by atoms with Gasteiger partial charge < -0.3 is 4.90 Å². The molecule has 0 saturated carbocycles. The predicted molar refractivity (Wildman–Crippen MR) is 95.8 cm³/mol. The first-order valence-electron chi connectivity index (χ1n) is 8.79. The zero-order chi connectivity index (χ0) is 17.9. The summed E-state index contributed by atoms with van der Waals surface area (Å²) in [5, 5.41) is 8.44. The second-order valence-corrected chi connectivity index (χ2v) is 6.45. The van der Waals surface area contributed by atoms with E-state index >= 15 is 0 Å². The zero-order valence-electron chi connectivity index (χ0n) is 14.6. The standard InChI is InChI=1S/C19H20N6O/c1-14-11-21-16(12-20-14)19(26)24-10-6-5-9-17(24)18-23-22-13-25(18)15-7-3-2-4-8-15/h2-4,7-8,11-13,17H,5-6,9-10H2,1H3. The number of amides is 1. The highest BCUT2D eigenvalue weighted by atomic mass is 16.2. The second-order valence-electron chi connectivity index (χ2n) is 6.45. The molecule has 0 aliphatic carbocycles. The number of para-hydroxylation sites is 1. The molecule has 4 rings (SSSR count). The topological polar surface area (TPSA) is 76.8 Å². The molecule has 1 amide bonds. The lowest BCUT2D eigenvalue weighted by Gasteiger charge is -2.34. The van der Waals surface area contributed by atoms with Crippen molar-refractivity contribution in [1.29, 1.82) is 0 Å². The van der Waals surface area contributed by atoms with Crippen LogP contribution in [-0.2, 0) is 0 Å². The second kappa shape index (κ2) is 7.03. The van der Waals surface area contributed by atoms with Crippen LogP contribution in [0.25, 0.3) is 5.69 Å². The van der Waals surface area contributed by atoms with Gasteiger partial charge in [-0.15, -0.1) is 10.2 Å². The quantitative estimate of drug-likeness (QED) is 0.727. The van der Waals surface area contributed by atoms with Crippen LogP contribution in [-0.4, -0.2) is 42.1 Å². The lowest BCUT2D eigenvalue weighted by Crippen LogP contribution is -2.40. The van der Waals surface area contributed by atoms with Gasteiger partial charge in [-0.25, -0.2) is 4.98 Å². The number of hydrogen-bond acceptors (Lipinski definition) is 5. The van der Waals surface area contributed by atoms with Gasteiger partial charge in [0, 0.05) is 18.4 Å². The molecule has 1 unspecified atom stereocenters. The van der Waals surface area contributed by atoms with Crippen LogP contribution < -0.4 is 0 Å². The first-order valence-corrected chi connectivity index (χ1v) is 8.79. The molecule has 1 aromatic carbocycles. The van der Waals surface area contributed by atoms with E-state index in [1.165, 1.54) is 0 Å². The van der Waals surface area contributed by atoms with Gasteiger partial charge in [0.25, 0.3) is 5.91 Å². The van der Waals surface area contributed by atoms with Crippen molar-refractivity contribution in [3.63, 3.8) is 0 Å². The molecule has 0 N–H and O–H groups in total. The number of carbonyl (C=O) groups is 1. The summed E-state index contributed by atoms with van der Waals surface area (Å²) in [5.41, 5.74) is 2.15. The monoisotopic (exact) mass is 348 g/mol. The number of likely N-dealkylation sites (tertiary alicyclic amines) is 1. The van der Waals surface area contributed by atoms with Crippen molar-refractivity contribution in [3.05, 3.63) is 66.3 Å². The highest BCUT2D eigenvalue weighted by Crippen LogP contribution is 2.31. The smallest absolute Gasteiger partial charge is 0.274 e. The highest BCUT2D eigenvalue weighted by Gasteiger charge is 2.32. The molecule has 1 saturated heterocycles. The summed E-state index contributed by atoms with van der Waals surface area (Å²) in [4.78, 5) is 23.3. The number of rotatable bonds is 3. The van der Waals surface area contributed by atoms with E-state index in [1.807, 2.05) is 46.7 Å². The Bertz CT molecular complexity index is 890. The summed E-state index contributed by atoms with van der Waals surface area (Å²) >= 11 is 0. The van der Waals surface area contributed by atoms with Gasteiger partial charge in [0.05, 0.1) is 17.9 Å². The number of aromatic nitrogens is 5. The summed E-state index contributed by atoms with van der Waals surface area (Å²) in [6, 6.07) is 9.82. The lowest BCUT2D eigenvalue weighted by molar-refractivity contribution is 0.0591. The molecule has 3 aromatic rings. The molecule has 1 aliphatic rings. The van der Waals surface area contributed by atoms with E-state index in [4.69, 9.17) is 0 Å². The van der Waals surface area contributed by atoms with Crippen molar-refractivity contribution in [2.24, 2.45) is 0 Å². The average molecular weight is 348 g/mol. The number of carbonyl (C=O) groups excluding carboxylic acids is 1. The summed E-state index contributed by atoms with van der Waals surface area (Å²) in [6.45, 7) is 2.54. The van der Waals surface area contributed by atoms with Crippen LogP contribution in [0.15, 0.2) is 49.1 Å². The first kappa shape index (κ1) is 16.4. The Morgan fingerprint density at radius 1 is 1.12 bits per heavy atom. The molecule has 26 heavy (non-hydrogen) atoms. The van der Waals surface area contributed by atoms with Gasteiger partial charge in [0.2, 0.25) is 0 Å². The van der Waals surface area contributed by atoms with Crippen LogP contribution in [0, 0.1) is 6.92 Å². The molecule has 0 radical (unpaired) electrons. The maximum Gasteiger partial charge on any atom is 0.274 e. The molecule has 1 atom stereocenters. The summed E-state index contributed by atoms with van der Waals surface area (Å²) in [7, 11) is 0. The van der Waals surface area contributed by atoms with E-state index in [9.17, 15) is 4.79 Å². The molecule has 1 fully saturated rings. The van der Waals surface area contributed by atoms with Crippen molar-refractivity contribution < 1.29 is 4.79 Å². The minimum atomic E-state index is -0.123. The Morgan fingerprint density at radius 3 is 2.73 bits per heavy atom. The first-order chi connectivity index (χ1) is 12.7. The minimum absolute atomic E-state index is 0.107. The van der Waals surface area contributed by atoms with Crippen molar-refractivity contribution >= 4 is 5.91 Å². The third kappa shape index (κ3) is 3.08. The largest absolute Gasteiger partial charge is 0.327 e. The van der Waals surface area contributed by atoms with E-state index < -0.39 is 0 Å². The van der Waals surface area contributed by atoms with Crippen molar-refractivity contribution in [2.75, 3.05) is 6.54 Å².